The van der Waals surface area contributed by atoms with E-state index in [2.05, 4.69) is 10.3 Å². The number of anilines is 1. The van der Waals surface area contributed by atoms with E-state index in [0.717, 1.165) is 34.9 Å². The molecule has 1 fully saturated rings. The van der Waals surface area contributed by atoms with Gasteiger partial charge < -0.3 is 10.2 Å². The van der Waals surface area contributed by atoms with Crippen molar-refractivity contribution in [2.24, 2.45) is 0 Å². The van der Waals surface area contributed by atoms with Gasteiger partial charge in [0.1, 0.15) is 0 Å². The van der Waals surface area contributed by atoms with Gasteiger partial charge >= 0.3 is 6.03 Å². The van der Waals surface area contributed by atoms with E-state index in [1.54, 1.807) is 12.4 Å². The van der Waals surface area contributed by atoms with Crippen LogP contribution in [0.3, 0.4) is 0 Å². The Morgan fingerprint density at radius 3 is 2.72 bits per heavy atom. The van der Waals surface area contributed by atoms with Crippen LogP contribution >= 0.6 is 11.6 Å². The third-order valence-corrected chi connectivity index (χ3v) is 4.69. The molecule has 1 N–H and O–H groups in total. The van der Waals surface area contributed by atoms with Gasteiger partial charge in [0.05, 0.1) is 5.69 Å². The molecular formula is C20H18ClN3O. The Morgan fingerprint density at radius 2 is 1.96 bits per heavy atom. The van der Waals surface area contributed by atoms with E-state index >= 15 is 0 Å². The highest BCUT2D eigenvalue weighted by atomic mass is 35.5. The number of benzene rings is 2. The molecule has 0 bridgehead atoms. The minimum absolute atomic E-state index is 0.0678. The normalized spacial score (nSPS) is 13.6. The van der Waals surface area contributed by atoms with Crippen molar-refractivity contribution in [2.45, 2.75) is 25.4 Å². The van der Waals surface area contributed by atoms with Crippen LogP contribution in [0, 0.1) is 0 Å². The molecule has 1 aromatic heterocycles. The van der Waals surface area contributed by atoms with Crippen LogP contribution < -0.4 is 5.32 Å². The Labute approximate surface area is 151 Å². The molecule has 0 spiro atoms. The molecule has 3 aromatic rings. The van der Waals surface area contributed by atoms with Crippen LogP contribution in [-0.2, 0) is 6.54 Å². The number of carbonyl (C=O) groups excluding carboxylic acids is 1. The average Bonchev–Trinajstić information content (AvgIpc) is 3.46. The average molecular weight is 352 g/mol. The number of hydrogen-bond acceptors (Lipinski definition) is 2. The summed E-state index contributed by atoms with van der Waals surface area (Å²) in [7, 11) is 0. The standard InChI is InChI=1S/C20H18ClN3O/c21-16-6-4-14(5-7-16)13-24(17-8-9-17)20(25)23-19-3-1-2-15-12-22-11-10-18(15)19/h1-7,10-12,17H,8-9,13H2,(H,23,25). The molecule has 126 valence electrons. The summed E-state index contributed by atoms with van der Waals surface area (Å²) in [6.07, 6.45) is 5.66. The topological polar surface area (TPSA) is 45.2 Å². The fourth-order valence-corrected chi connectivity index (χ4v) is 3.08. The molecule has 0 saturated heterocycles. The summed E-state index contributed by atoms with van der Waals surface area (Å²) < 4.78 is 0. The number of rotatable bonds is 4. The number of nitrogens with one attached hydrogen (secondary N) is 1. The highest BCUT2D eigenvalue weighted by Crippen LogP contribution is 2.30. The smallest absolute Gasteiger partial charge is 0.317 e. The van der Waals surface area contributed by atoms with E-state index in [4.69, 9.17) is 11.6 Å². The summed E-state index contributed by atoms with van der Waals surface area (Å²) >= 11 is 5.95. The van der Waals surface area contributed by atoms with Crippen molar-refractivity contribution in [1.29, 1.82) is 0 Å². The molecular weight excluding hydrogens is 334 g/mol. The number of amides is 2. The highest BCUT2D eigenvalue weighted by molar-refractivity contribution is 6.30. The minimum atomic E-state index is -0.0678. The molecule has 1 aliphatic carbocycles. The lowest BCUT2D eigenvalue weighted by Crippen LogP contribution is -2.36. The SMILES string of the molecule is O=C(Nc1cccc2cnccc12)N(Cc1ccc(Cl)cc1)C1CC1. The summed E-state index contributed by atoms with van der Waals surface area (Å²) in [5.41, 5.74) is 1.89. The maximum absolute atomic E-state index is 12.9. The van der Waals surface area contributed by atoms with Crippen LogP contribution in [0.2, 0.25) is 5.02 Å². The zero-order chi connectivity index (χ0) is 17.2. The van der Waals surface area contributed by atoms with Crippen LogP contribution in [0.1, 0.15) is 18.4 Å². The third kappa shape index (κ3) is 3.59. The van der Waals surface area contributed by atoms with E-state index in [9.17, 15) is 4.79 Å². The maximum Gasteiger partial charge on any atom is 0.322 e. The van der Waals surface area contributed by atoms with Crippen LogP contribution in [0.25, 0.3) is 10.8 Å². The molecule has 1 heterocycles. The summed E-state index contributed by atoms with van der Waals surface area (Å²) in [6, 6.07) is 15.7. The molecule has 2 aromatic carbocycles. The fraction of sp³-hybridized carbons (Fsp3) is 0.200. The van der Waals surface area contributed by atoms with Crippen LogP contribution in [0.5, 0.6) is 0 Å². The van der Waals surface area contributed by atoms with Gasteiger partial charge in [-0.25, -0.2) is 4.79 Å². The molecule has 0 aliphatic heterocycles. The third-order valence-electron chi connectivity index (χ3n) is 4.44. The van der Waals surface area contributed by atoms with Crippen molar-refractivity contribution in [2.75, 3.05) is 5.32 Å². The van der Waals surface area contributed by atoms with Crippen molar-refractivity contribution in [3.63, 3.8) is 0 Å². The Kier molecular flexibility index (Phi) is 4.28. The largest absolute Gasteiger partial charge is 0.322 e. The van der Waals surface area contributed by atoms with Gasteiger partial charge in [0.15, 0.2) is 0 Å². The van der Waals surface area contributed by atoms with Crippen molar-refractivity contribution in [3.8, 4) is 0 Å². The number of hydrogen-bond donors (Lipinski definition) is 1. The van der Waals surface area contributed by atoms with Crippen LogP contribution in [0.4, 0.5) is 10.5 Å². The first-order valence-corrected chi connectivity index (χ1v) is 8.73. The second-order valence-electron chi connectivity index (χ2n) is 6.32. The summed E-state index contributed by atoms with van der Waals surface area (Å²) in [5, 5.41) is 5.78. The number of nitrogens with zero attached hydrogens (tertiary/aromatic N) is 2. The number of halogens is 1. The molecule has 1 aliphatic rings. The summed E-state index contributed by atoms with van der Waals surface area (Å²) in [6.45, 7) is 0.583. The quantitative estimate of drug-likeness (QED) is 0.712. The van der Waals surface area contributed by atoms with Gasteiger partial charge in [0.25, 0.3) is 0 Å². The Bertz CT molecular complexity index is 901. The van der Waals surface area contributed by atoms with Gasteiger partial charge in [-0.2, -0.15) is 0 Å². The number of aromatic nitrogens is 1. The number of fused-ring (bicyclic) bond motifs is 1. The molecule has 1 saturated carbocycles. The van der Waals surface area contributed by atoms with Gasteiger partial charge in [-0.3, -0.25) is 4.98 Å². The Balaban J connectivity index is 1.55. The minimum Gasteiger partial charge on any atom is -0.317 e. The predicted molar refractivity (Wildman–Crippen MR) is 101 cm³/mol. The molecule has 25 heavy (non-hydrogen) atoms. The second kappa shape index (κ2) is 6.73. The van der Waals surface area contributed by atoms with Crippen LogP contribution in [0.15, 0.2) is 60.9 Å². The van der Waals surface area contributed by atoms with Crippen molar-refractivity contribution in [1.82, 2.24) is 9.88 Å². The molecule has 2 amide bonds. The van der Waals surface area contributed by atoms with E-state index in [0.29, 0.717) is 17.6 Å². The van der Waals surface area contributed by atoms with Gasteiger partial charge in [-0.05, 0) is 42.7 Å². The van der Waals surface area contributed by atoms with E-state index in [1.807, 2.05) is 53.4 Å². The van der Waals surface area contributed by atoms with Crippen molar-refractivity contribution >= 4 is 34.1 Å². The Hall–Kier alpha value is -2.59. The summed E-state index contributed by atoms with van der Waals surface area (Å²) in [5.74, 6) is 0. The first-order chi connectivity index (χ1) is 12.2. The van der Waals surface area contributed by atoms with E-state index in [-0.39, 0.29) is 6.03 Å². The lowest BCUT2D eigenvalue weighted by molar-refractivity contribution is 0.206. The lowest BCUT2D eigenvalue weighted by atomic mass is 10.1. The molecule has 5 heteroatoms. The molecule has 0 radical (unpaired) electrons. The highest BCUT2D eigenvalue weighted by Gasteiger charge is 2.32. The zero-order valence-corrected chi connectivity index (χ0v) is 14.4. The predicted octanol–water partition coefficient (Wildman–Crippen LogP) is 5.08. The second-order valence-corrected chi connectivity index (χ2v) is 6.75. The molecule has 0 unspecified atom stereocenters. The van der Waals surface area contributed by atoms with Gasteiger partial charge in [-0.1, -0.05) is 35.9 Å². The fourth-order valence-electron chi connectivity index (χ4n) is 2.96. The van der Waals surface area contributed by atoms with Crippen molar-refractivity contribution in [3.05, 3.63) is 71.5 Å². The van der Waals surface area contributed by atoms with Crippen molar-refractivity contribution < 1.29 is 4.79 Å². The summed E-state index contributed by atoms with van der Waals surface area (Å²) in [4.78, 5) is 18.9. The van der Waals surface area contributed by atoms with Gasteiger partial charge in [0, 0.05) is 40.8 Å². The Morgan fingerprint density at radius 1 is 1.16 bits per heavy atom. The number of pyridine rings is 1. The zero-order valence-electron chi connectivity index (χ0n) is 13.7. The monoisotopic (exact) mass is 351 g/mol. The lowest BCUT2D eigenvalue weighted by Gasteiger charge is -2.23. The number of carbonyl (C=O) groups is 1. The first-order valence-electron chi connectivity index (χ1n) is 8.35. The van der Waals surface area contributed by atoms with Gasteiger partial charge in [0.2, 0.25) is 0 Å². The van der Waals surface area contributed by atoms with Gasteiger partial charge in [-0.15, -0.1) is 0 Å². The molecule has 4 nitrogen and oxygen atoms in total. The molecule has 4 rings (SSSR count). The number of urea groups is 1. The maximum atomic E-state index is 12.9. The first kappa shape index (κ1) is 15.9. The van der Waals surface area contributed by atoms with Crippen LogP contribution in [-0.4, -0.2) is 22.0 Å². The van der Waals surface area contributed by atoms with E-state index in [1.165, 1.54) is 0 Å². The molecule has 0 atom stereocenters. The van der Waals surface area contributed by atoms with E-state index < -0.39 is 0 Å².